The molecule has 1 aromatic carbocycles. The number of ether oxygens (including phenoxy) is 2. The van der Waals surface area contributed by atoms with Crippen molar-refractivity contribution in [3.05, 3.63) is 42.5 Å². The third-order valence-electron chi connectivity index (χ3n) is 3.49. The van der Waals surface area contributed by atoms with Crippen molar-refractivity contribution >= 4 is 5.97 Å². The molecule has 0 atom stereocenters. The minimum absolute atomic E-state index is 0.376. The van der Waals surface area contributed by atoms with Gasteiger partial charge in [0, 0.05) is 12.5 Å². The van der Waals surface area contributed by atoms with Gasteiger partial charge in [-0.25, -0.2) is 4.79 Å². The van der Waals surface area contributed by atoms with Gasteiger partial charge in [-0.2, -0.15) is 0 Å². The molecule has 0 aliphatic carbocycles. The highest BCUT2D eigenvalue weighted by Gasteiger charge is 1.99. The predicted molar refractivity (Wildman–Crippen MR) is 90.2 cm³/mol. The first-order valence-electron chi connectivity index (χ1n) is 8.27. The van der Waals surface area contributed by atoms with E-state index < -0.39 is 0 Å². The second-order valence-corrected chi connectivity index (χ2v) is 5.38. The van der Waals surface area contributed by atoms with Gasteiger partial charge in [0.2, 0.25) is 0 Å². The van der Waals surface area contributed by atoms with Crippen LogP contribution in [0.15, 0.2) is 36.9 Å². The van der Waals surface area contributed by atoms with Crippen molar-refractivity contribution in [2.75, 3.05) is 13.2 Å². The number of hydrogen-bond donors (Lipinski definition) is 0. The predicted octanol–water partition coefficient (Wildman–Crippen LogP) is 4.70. The first kappa shape index (κ1) is 18.3. The van der Waals surface area contributed by atoms with Gasteiger partial charge in [0.05, 0.1) is 13.2 Å². The van der Waals surface area contributed by atoms with Crippen molar-refractivity contribution in [3.8, 4) is 5.75 Å². The normalized spacial score (nSPS) is 10.2. The molecule has 1 aromatic rings. The molecule has 3 nitrogen and oxygen atoms in total. The zero-order chi connectivity index (χ0) is 16.0. The van der Waals surface area contributed by atoms with Gasteiger partial charge in [-0.15, -0.1) is 0 Å². The smallest absolute Gasteiger partial charge is 0.330 e. The van der Waals surface area contributed by atoms with Gasteiger partial charge in [0.1, 0.15) is 5.75 Å². The molecule has 122 valence electrons. The molecule has 3 heteroatoms. The van der Waals surface area contributed by atoms with E-state index in [0.717, 1.165) is 24.3 Å². The van der Waals surface area contributed by atoms with E-state index in [1.807, 2.05) is 24.3 Å². The molecule has 0 fully saturated rings. The third kappa shape index (κ3) is 8.50. The number of esters is 1. The Morgan fingerprint density at radius 2 is 1.73 bits per heavy atom. The fourth-order valence-electron chi connectivity index (χ4n) is 2.15. The zero-order valence-corrected chi connectivity index (χ0v) is 13.7. The van der Waals surface area contributed by atoms with E-state index >= 15 is 0 Å². The summed E-state index contributed by atoms with van der Waals surface area (Å²) < 4.78 is 10.7. The van der Waals surface area contributed by atoms with Crippen LogP contribution in [-0.4, -0.2) is 19.2 Å². The van der Waals surface area contributed by atoms with Gasteiger partial charge in [-0.1, -0.05) is 57.7 Å². The van der Waals surface area contributed by atoms with Gasteiger partial charge < -0.3 is 9.47 Å². The van der Waals surface area contributed by atoms with Crippen LogP contribution in [0.2, 0.25) is 0 Å². The number of benzene rings is 1. The largest absolute Gasteiger partial charge is 0.494 e. The van der Waals surface area contributed by atoms with Crippen LogP contribution in [0.5, 0.6) is 5.75 Å². The summed E-state index contributed by atoms with van der Waals surface area (Å²) in [4.78, 5) is 10.9. The maximum atomic E-state index is 10.9. The van der Waals surface area contributed by atoms with Gasteiger partial charge in [-0.3, -0.25) is 0 Å². The number of rotatable bonds is 12. The Balaban J connectivity index is 2.13. The van der Waals surface area contributed by atoms with Gasteiger partial charge in [0.25, 0.3) is 0 Å². The van der Waals surface area contributed by atoms with Crippen LogP contribution in [0.3, 0.4) is 0 Å². The van der Waals surface area contributed by atoms with Gasteiger partial charge in [0.15, 0.2) is 0 Å². The third-order valence-corrected chi connectivity index (χ3v) is 3.49. The topological polar surface area (TPSA) is 35.5 Å². The van der Waals surface area contributed by atoms with Crippen molar-refractivity contribution in [2.45, 2.75) is 51.9 Å². The molecule has 0 saturated heterocycles. The quantitative estimate of drug-likeness (QED) is 0.319. The lowest BCUT2D eigenvalue weighted by Crippen LogP contribution is -2.04. The Morgan fingerprint density at radius 1 is 1.05 bits per heavy atom. The van der Waals surface area contributed by atoms with Crippen molar-refractivity contribution in [1.29, 1.82) is 0 Å². The van der Waals surface area contributed by atoms with Crippen molar-refractivity contribution in [3.63, 3.8) is 0 Å². The summed E-state index contributed by atoms with van der Waals surface area (Å²) in [7, 11) is 0. The molecule has 0 spiro atoms. The average molecular weight is 304 g/mol. The van der Waals surface area contributed by atoms with Gasteiger partial charge in [-0.05, 0) is 24.1 Å². The maximum absolute atomic E-state index is 10.9. The molecule has 0 aliphatic rings. The Kier molecular flexibility index (Phi) is 9.84. The summed E-state index contributed by atoms with van der Waals surface area (Å²) in [5.74, 6) is 0.527. The molecule has 0 saturated carbocycles. The molecule has 0 amide bonds. The number of hydrogen-bond acceptors (Lipinski definition) is 3. The van der Waals surface area contributed by atoms with Crippen LogP contribution < -0.4 is 4.74 Å². The SMILES string of the molecule is C=CC(=O)OCCc1ccc(OCCCCCCCC)cc1. The molecule has 0 heterocycles. The van der Waals surface area contributed by atoms with Crippen molar-refractivity contribution < 1.29 is 14.3 Å². The van der Waals surface area contributed by atoms with E-state index in [2.05, 4.69) is 13.5 Å². The molecular weight excluding hydrogens is 276 g/mol. The van der Waals surface area contributed by atoms with E-state index in [0.29, 0.717) is 13.0 Å². The van der Waals surface area contributed by atoms with E-state index in [4.69, 9.17) is 9.47 Å². The summed E-state index contributed by atoms with van der Waals surface area (Å²) in [5, 5.41) is 0. The van der Waals surface area contributed by atoms with Crippen LogP contribution >= 0.6 is 0 Å². The molecule has 22 heavy (non-hydrogen) atoms. The van der Waals surface area contributed by atoms with Crippen molar-refractivity contribution in [1.82, 2.24) is 0 Å². The lowest BCUT2D eigenvalue weighted by molar-refractivity contribution is -0.137. The number of carbonyl (C=O) groups is 1. The summed E-state index contributed by atoms with van der Waals surface area (Å²) in [5.41, 5.74) is 1.13. The molecule has 0 aliphatic heterocycles. The van der Waals surface area contributed by atoms with Gasteiger partial charge >= 0.3 is 5.97 Å². The van der Waals surface area contributed by atoms with Crippen LogP contribution in [0.1, 0.15) is 51.0 Å². The molecule has 1 rings (SSSR count). The summed E-state index contributed by atoms with van der Waals surface area (Å²) in [6, 6.07) is 7.97. The van der Waals surface area contributed by atoms with Crippen LogP contribution in [0.4, 0.5) is 0 Å². The Morgan fingerprint density at radius 3 is 2.41 bits per heavy atom. The molecule has 0 bridgehead atoms. The molecule has 0 unspecified atom stereocenters. The summed E-state index contributed by atoms with van der Waals surface area (Å²) in [6.07, 6.45) is 9.51. The number of unbranched alkanes of at least 4 members (excludes halogenated alkanes) is 5. The fraction of sp³-hybridized carbons (Fsp3) is 0.526. The van der Waals surface area contributed by atoms with Crippen LogP contribution in [0.25, 0.3) is 0 Å². The van der Waals surface area contributed by atoms with Crippen molar-refractivity contribution in [2.24, 2.45) is 0 Å². The van der Waals surface area contributed by atoms with E-state index in [-0.39, 0.29) is 5.97 Å². The average Bonchev–Trinajstić information content (AvgIpc) is 2.55. The zero-order valence-electron chi connectivity index (χ0n) is 13.7. The second kappa shape index (κ2) is 11.8. The Hall–Kier alpha value is -1.77. The van der Waals surface area contributed by atoms with Crippen LogP contribution in [-0.2, 0) is 16.0 Å². The lowest BCUT2D eigenvalue weighted by Gasteiger charge is -2.07. The van der Waals surface area contributed by atoms with E-state index in [1.165, 1.54) is 38.2 Å². The minimum Gasteiger partial charge on any atom is -0.494 e. The first-order valence-corrected chi connectivity index (χ1v) is 8.27. The maximum Gasteiger partial charge on any atom is 0.330 e. The Bertz CT molecular complexity index is 423. The first-order chi connectivity index (χ1) is 10.8. The lowest BCUT2D eigenvalue weighted by atomic mass is 10.1. The minimum atomic E-state index is -0.376. The molecule has 0 aromatic heterocycles. The van der Waals surface area contributed by atoms with E-state index in [1.54, 1.807) is 0 Å². The molecule has 0 radical (unpaired) electrons. The highest BCUT2D eigenvalue weighted by Crippen LogP contribution is 2.14. The fourth-order valence-corrected chi connectivity index (χ4v) is 2.15. The van der Waals surface area contributed by atoms with E-state index in [9.17, 15) is 4.79 Å². The standard InChI is InChI=1S/C19H28O3/c1-3-5-6-7-8-9-15-21-18-12-10-17(11-13-18)14-16-22-19(20)4-2/h4,10-13H,2-3,5-9,14-16H2,1H3. The van der Waals surface area contributed by atoms with Crippen LogP contribution in [0, 0.1) is 0 Å². The Labute approximate surface area is 134 Å². The highest BCUT2D eigenvalue weighted by molar-refractivity contribution is 5.81. The second-order valence-electron chi connectivity index (χ2n) is 5.38. The molecular formula is C19H28O3. The monoisotopic (exact) mass is 304 g/mol. The molecule has 0 N–H and O–H groups in total. The summed E-state index contributed by atoms with van der Waals surface area (Å²) in [6.45, 7) is 6.75. The highest BCUT2D eigenvalue weighted by atomic mass is 16.5. The number of carbonyl (C=O) groups excluding carboxylic acids is 1. The summed E-state index contributed by atoms with van der Waals surface area (Å²) >= 11 is 0.